The molecule has 1 aliphatic rings. The highest BCUT2D eigenvalue weighted by Crippen LogP contribution is 2.37. The molecule has 128 valence electrons. The molecule has 1 N–H and O–H groups in total. The van der Waals surface area contributed by atoms with Crippen LogP contribution in [0.4, 0.5) is 18.9 Å². The molecular weight excluding hydrogens is 339 g/mol. The largest absolute Gasteiger partial charge is 0.417 e. The third-order valence-electron chi connectivity index (χ3n) is 3.40. The van der Waals surface area contributed by atoms with E-state index in [4.69, 9.17) is 0 Å². The minimum atomic E-state index is -5.02. The van der Waals surface area contributed by atoms with Gasteiger partial charge >= 0.3 is 6.18 Å². The number of non-ortho nitro benzene ring substituents is 1. The number of alkyl halides is 3. The molecule has 1 saturated heterocycles. The molecular formula is C12H14F3N3O4S. The molecule has 0 amide bonds. The Kier molecular flexibility index (Phi) is 4.92. The topological polar surface area (TPSA) is 92.5 Å². The number of sulfonamides is 1. The average molecular weight is 353 g/mol. The number of benzene rings is 1. The second kappa shape index (κ2) is 6.42. The first-order valence-electron chi connectivity index (χ1n) is 6.70. The van der Waals surface area contributed by atoms with Crippen LogP contribution in [0.5, 0.6) is 0 Å². The van der Waals surface area contributed by atoms with E-state index < -0.39 is 37.3 Å². The van der Waals surface area contributed by atoms with Crippen LogP contribution in [0, 0.1) is 10.1 Å². The van der Waals surface area contributed by atoms with Crippen LogP contribution in [0.2, 0.25) is 0 Å². The molecule has 2 rings (SSSR count). The van der Waals surface area contributed by atoms with Crippen LogP contribution in [0.25, 0.3) is 0 Å². The highest BCUT2D eigenvalue weighted by Gasteiger charge is 2.40. The number of nitrogens with zero attached hydrogens (tertiary/aromatic N) is 2. The molecule has 0 radical (unpaired) electrons. The Balaban J connectivity index is 2.54. The van der Waals surface area contributed by atoms with Gasteiger partial charge in [0.2, 0.25) is 10.0 Å². The first-order valence-corrected chi connectivity index (χ1v) is 8.14. The fraction of sp³-hybridized carbons (Fsp3) is 0.500. The van der Waals surface area contributed by atoms with Gasteiger partial charge in [-0.1, -0.05) is 0 Å². The average Bonchev–Trinajstić information content (AvgIpc) is 2.75. The van der Waals surface area contributed by atoms with Crippen molar-refractivity contribution in [2.75, 3.05) is 26.2 Å². The first kappa shape index (κ1) is 17.6. The van der Waals surface area contributed by atoms with Crippen molar-refractivity contribution in [3.05, 3.63) is 33.9 Å². The zero-order chi connectivity index (χ0) is 17.3. The molecule has 1 aromatic carbocycles. The molecule has 23 heavy (non-hydrogen) atoms. The molecule has 11 heteroatoms. The number of hydrogen-bond acceptors (Lipinski definition) is 5. The predicted octanol–water partition coefficient (Wildman–Crippen LogP) is 1.60. The molecule has 0 spiro atoms. The quantitative estimate of drug-likeness (QED) is 0.658. The molecule has 0 bridgehead atoms. The lowest BCUT2D eigenvalue weighted by atomic mass is 10.2. The number of halogens is 3. The summed E-state index contributed by atoms with van der Waals surface area (Å²) in [6.45, 7) is 1.02. The van der Waals surface area contributed by atoms with Gasteiger partial charge in [0.15, 0.2) is 0 Å². The van der Waals surface area contributed by atoms with E-state index in [9.17, 15) is 31.7 Å². The van der Waals surface area contributed by atoms with E-state index in [0.29, 0.717) is 25.6 Å². The van der Waals surface area contributed by atoms with E-state index in [-0.39, 0.29) is 19.2 Å². The third-order valence-corrected chi connectivity index (χ3v) is 5.35. The second-order valence-electron chi connectivity index (χ2n) is 4.94. The van der Waals surface area contributed by atoms with Gasteiger partial charge in [0.25, 0.3) is 5.69 Å². The van der Waals surface area contributed by atoms with Crippen LogP contribution in [-0.2, 0) is 16.2 Å². The molecule has 1 fully saturated rings. The Morgan fingerprint density at radius 1 is 1.22 bits per heavy atom. The van der Waals surface area contributed by atoms with Crippen molar-refractivity contribution >= 4 is 15.7 Å². The molecule has 7 nitrogen and oxygen atoms in total. The number of nitro benzene ring substituents is 1. The van der Waals surface area contributed by atoms with Gasteiger partial charge < -0.3 is 5.32 Å². The van der Waals surface area contributed by atoms with Gasteiger partial charge in [0.1, 0.15) is 0 Å². The van der Waals surface area contributed by atoms with Gasteiger partial charge in [-0.25, -0.2) is 8.42 Å². The van der Waals surface area contributed by atoms with Crippen molar-refractivity contribution in [3.8, 4) is 0 Å². The number of rotatable bonds is 3. The SMILES string of the molecule is O=[N+]([O-])c1ccc(S(=O)(=O)N2CCCNCC2)c(C(F)(F)F)c1. The molecule has 0 aromatic heterocycles. The summed E-state index contributed by atoms with van der Waals surface area (Å²) < 4.78 is 65.5. The fourth-order valence-corrected chi connectivity index (χ4v) is 3.95. The summed E-state index contributed by atoms with van der Waals surface area (Å²) in [5.74, 6) is 0. The Hall–Kier alpha value is -1.72. The second-order valence-corrected chi connectivity index (χ2v) is 6.85. The molecule has 1 heterocycles. The van der Waals surface area contributed by atoms with E-state index in [0.717, 1.165) is 10.4 Å². The summed E-state index contributed by atoms with van der Waals surface area (Å²) in [5, 5.41) is 13.6. The van der Waals surface area contributed by atoms with Crippen LogP contribution in [0.1, 0.15) is 12.0 Å². The van der Waals surface area contributed by atoms with E-state index in [1.54, 1.807) is 0 Å². The Morgan fingerprint density at radius 2 is 1.91 bits per heavy atom. The number of hydrogen-bond donors (Lipinski definition) is 1. The van der Waals surface area contributed by atoms with Crippen LogP contribution < -0.4 is 5.32 Å². The van der Waals surface area contributed by atoms with Crippen molar-refractivity contribution in [3.63, 3.8) is 0 Å². The minimum Gasteiger partial charge on any atom is -0.315 e. The Morgan fingerprint density at radius 3 is 2.52 bits per heavy atom. The van der Waals surface area contributed by atoms with Crippen molar-refractivity contribution in [1.29, 1.82) is 0 Å². The Labute approximate surface area is 130 Å². The predicted molar refractivity (Wildman–Crippen MR) is 74.3 cm³/mol. The molecule has 0 atom stereocenters. The maximum atomic E-state index is 13.2. The normalized spacial score (nSPS) is 17.7. The first-order chi connectivity index (χ1) is 10.6. The monoisotopic (exact) mass is 353 g/mol. The van der Waals surface area contributed by atoms with Gasteiger partial charge in [-0.3, -0.25) is 10.1 Å². The summed E-state index contributed by atoms with van der Waals surface area (Å²) in [6, 6.07) is 1.66. The highest BCUT2D eigenvalue weighted by atomic mass is 32.2. The van der Waals surface area contributed by atoms with E-state index in [2.05, 4.69) is 5.32 Å². The van der Waals surface area contributed by atoms with E-state index in [1.807, 2.05) is 0 Å². The van der Waals surface area contributed by atoms with Crippen LogP contribution in [-0.4, -0.2) is 43.8 Å². The molecule has 0 aliphatic carbocycles. The van der Waals surface area contributed by atoms with Gasteiger partial charge in [-0.05, 0) is 19.0 Å². The van der Waals surface area contributed by atoms with E-state index >= 15 is 0 Å². The van der Waals surface area contributed by atoms with Crippen molar-refractivity contribution in [1.82, 2.24) is 9.62 Å². The van der Waals surface area contributed by atoms with Crippen molar-refractivity contribution in [2.24, 2.45) is 0 Å². The maximum Gasteiger partial charge on any atom is 0.417 e. The van der Waals surface area contributed by atoms with Crippen LogP contribution >= 0.6 is 0 Å². The van der Waals surface area contributed by atoms with Crippen LogP contribution in [0.15, 0.2) is 23.1 Å². The summed E-state index contributed by atoms with van der Waals surface area (Å²) in [4.78, 5) is 8.70. The summed E-state index contributed by atoms with van der Waals surface area (Å²) in [7, 11) is -4.39. The van der Waals surface area contributed by atoms with Gasteiger partial charge in [-0.2, -0.15) is 17.5 Å². The smallest absolute Gasteiger partial charge is 0.315 e. The number of nitrogens with one attached hydrogen (secondary N) is 1. The maximum absolute atomic E-state index is 13.2. The zero-order valence-electron chi connectivity index (χ0n) is 11.8. The van der Waals surface area contributed by atoms with Gasteiger partial charge in [0, 0.05) is 31.8 Å². The van der Waals surface area contributed by atoms with E-state index in [1.165, 1.54) is 0 Å². The summed E-state index contributed by atoms with van der Waals surface area (Å²) in [5.41, 5.74) is -2.34. The molecule has 1 aromatic rings. The fourth-order valence-electron chi connectivity index (χ4n) is 2.28. The van der Waals surface area contributed by atoms with Gasteiger partial charge in [-0.15, -0.1) is 0 Å². The molecule has 0 saturated carbocycles. The minimum absolute atomic E-state index is 0.0383. The zero-order valence-corrected chi connectivity index (χ0v) is 12.7. The molecule has 1 aliphatic heterocycles. The highest BCUT2D eigenvalue weighted by molar-refractivity contribution is 7.89. The van der Waals surface area contributed by atoms with Crippen LogP contribution in [0.3, 0.4) is 0 Å². The lowest BCUT2D eigenvalue weighted by Gasteiger charge is -2.22. The summed E-state index contributed by atoms with van der Waals surface area (Å²) in [6.07, 6.45) is -4.55. The molecule has 0 unspecified atom stereocenters. The third kappa shape index (κ3) is 3.79. The van der Waals surface area contributed by atoms with Crippen molar-refractivity contribution < 1.29 is 26.5 Å². The summed E-state index contributed by atoms with van der Waals surface area (Å²) >= 11 is 0. The standard InChI is InChI=1S/C12H14F3N3O4S/c13-12(14,15)10-8-9(18(19)20)2-3-11(10)23(21,22)17-6-1-4-16-5-7-17/h2-3,8,16H,1,4-7H2. The van der Waals surface area contributed by atoms with Gasteiger partial charge in [0.05, 0.1) is 15.4 Å². The number of nitro groups is 1. The Bertz CT molecular complexity index is 698. The lowest BCUT2D eigenvalue weighted by Crippen LogP contribution is -2.35. The van der Waals surface area contributed by atoms with Crippen molar-refractivity contribution in [2.45, 2.75) is 17.5 Å². The lowest BCUT2D eigenvalue weighted by molar-refractivity contribution is -0.385.